The van der Waals surface area contributed by atoms with Crippen LogP contribution in [0.15, 0.2) is 48.5 Å². The highest BCUT2D eigenvalue weighted by Gasteiger charge is 2.30. The minimum atomic E-state index is -4.32. The van der Waals surface area contributed by atoms with E-state index in [0.717, 1.165) is 28.6 Å². The molecule has 0 saturated carbocycles. The fourth-order valence-electron chi connectivity index (χ4n) is 3.44. The Kier molecular flexibility index (Phi) is 4.80. The molecular weight excluding hydrogens is 369 g/mol. The second-order valence-electron chi connectivity index (χ2n) is 6.88. The zero-order valence-electron chi connectivity index (χ0n) is 15.0. The van der Waals surface area contributed by atoms with Crippen molar-refractivity contribution < 1.29 is 18.0 Å². The van der Waals surface area contributed by atoms with Gasteiger partial charge in [0.25, 0.3) is 5.91 Å². The highest BCUT2D eigenvalue weighted by Crippen LogP contribution is 2.29. The Morgan fingerprint density at radius 2 is 1.68 bits per heavy atom. The largest absolute Gasteiger partial charge is 0.416 e. The number of carbonyl (C=O) groups is 1. The first-order valence-electron chi connectivity index (χ1n) is 9.03. The Balaban J connectivity index is 1.36. The number of nitrogens with zero attached hydrogens (tertiary/aromatic N) is 3. The molecule has 0 bridgehead atoms. The summed E-state index contributed by atoms with van der Waals surface area (Å²) in [6.07, 6.45) is -4.32. The number of aromatic nitrogens is 2. The molecule has 0 unspecified atom stereocenters. The molecule has 0 spiro atoms. The standard InChI is InChI=1S/C20H19F3N4O/c21-20(22,23)15-7-5-14(6-8-15)13-26-9-11-27(12-10-26)19(28)18-16-3-1-2-4-17(16)24-25-18/h1-8H,9-13H2,(H,24,25). The SMILES string of the molecule is O=C(c1n[nH]c2ccccc12)N1CCN(Cc2ccc(C(F)(F)F)cc2)CC1. The fourth-order valence-corrected chi connectivity index (χ4v) is 3.44. The first-order chi connectivity index (χ1) is 13.4. The maximum atomic E-state index is 12.8. The van der Waals surface area contributed by atoms with Gasteiger partial charge in [0.2, 0.25) is 0 Å². The van der Waals surface area contributed by atoms with E-state index in [1.54, 1.807) is 4.90 Å². The number of carbonyl (C=O) groups excluding carboxylic acids is 1. The van der Waals surface area contributed by atoms with Gasteiger partial charge in [0, 0.05) is 38.1 Å². The van der Waals surface area contributed by atoms with Gasteiger partial charge in [-0.1, -0.05) is 30.3 Å². The van der Waals surface area contributed by atoms with E-state index in [4.69, 9.17) is 0 Å². The van der Waals surface area contributed by atoms with Crippen LogP contribution in [0.2, 0.25) is 0 Å². The zero-order valence-corrected chi connectivity index (χ0v) is 15.0. The van der Waals surface area contributed by atoms with Crippen LogP contribution in [-0.2, 0) is 12.7 Å². The predicted octanol–water partition coefficient (Wildman–Crippen LogP) is 3.54. The molecule has 146 valence electrons. The van der Waals surface area contributed by atoms with E-state index in [1.807, 2.05) is 24.3 Å². The first-order valence-corrected chi connectivity index (χ1v) is 9.03. The minimum Gasteiger partial charge on any atom is -0.335 e. The Morgan fingerprint density at radius 1 is 1.00 bits per heavy atom. The Hall–Kier alpha value is -2.87. The van der Waals surface area contributed by atoms with Crippen molar-refractivity contribution in [2.45, 2.75) is 12.7 Å². The number of aromatic amines is 1. The summed E-state index contributed by atoms with van der Waals surface area (Å²) in [4.78, 5) is 16.7. The van der Waals surface area contributed by atoms with Gasteiger partial charge in [0.05, 0.1) is 11.1 Å². The van der Waals surface area contributed by atoms with Gasteiger partial charge in [-0.15, -0.1) is 0 Å². The number of hydrogen-bond acceptors (Lipinski definition) is 3. The van der Waals surface area contributed by atoms with Gasteiger partial charge >= 0.3 is 6.18 Å². The van der Waals surface area contributed by atoms with Crippen molar-refractivity contribution in [1.82, 2.24) is 20.0 Å². The average Bonchev–Trinajstić information content (AvgIpc) is 3.12. The lowest BCUT2D eigenvalue weighted by Gasteiger charge is -2.34. The molecule has 2 aromatic carbocycles. The van der Waals surface area contributed by atoms with E-state index in [0.29, 0.717) is 38.4 Å². The number of piperazine rings is 1. The van der Waals surface area contributed by atoms with Crippen molar-refractivity contribution in [1.29, 1.82) is 0 Å². The van der Waals surface area contributed by atoms with Crippen molar-refractivity contribution >= 4 is 16.8 Å². The van der Waals surface area contributed by atoms with Gasteiger partial charge in [-0.2, -0.15) is 18.3 Å². The van der Waals surface area contributed by atoms with E-state index in [-0.39, 0.29) is 5.91 Å². The Morgan fingerprint density at radius 3 is 2.36 bits per heavy atom. The summed E-state index contributed by atoms with van der Waals surface area (Å²) >= 11 is 0. The number of rotatable bonds is 3. The van der Waals surface area contributed by atoms with Crippen LogP contribution < -0.4 is 0 Å². The van der Waals surface area contributed by atoms with E-state index in [9.17, 15) is 18.0 Å². The molecule has 8 heteroatoms. The molecule has 1 aliphatic heterocycles. The summed E-state index contributed by atoms with van der Waals surface area (Å²) in [6.45, 7) is 3.00. The van der Waals surface area contributed by atoms with Crippen LogP contribution in [0.25, 0.3) is 10.9 Å². The molecule has 1 amide bonds. The minimum absolute atomic E-state index is 0.105. The van der Waals surface area contributed by atoms with Crippen LogP contribution >= 0.6 is 0 Å². The van der Waals surface area contributed by atoms with Gasteiger partial charge < -0.3 is 4.90 Å². The zero-order chi connectivity index (χ0) is 19.7. The van der Waals surface area contributed by atoms with Crippen LogP contribution in [0, 0.1) is 0 Å². The Bertz CT molecular complexity index is 973. The predicted molar refractivity (Wildman–Crippen MR) is 98.7 cm³/mol. The molecule has 1 saturated heterocycles. The smallest absolute Gasteiger partial charge is 0.335 e. The highest BCUT2D eigenvalue weighted by molar-refractivity contribution is 6.04. The summed E-state index contributed by atoms with van der Waals surface area (Å²) in [7, 11) is 0. The number of halogens is 3. The quantitative estimate of drug-likeness (QED) is 0.747. The van der Waals surface area contributed by atoms with Gasteiger partial charge in [0.15, 0.2) is 5.69 Å². The molecule has 0 atom stereocenters. The number of alkyl halides is 3. The fraction of sp³-hybridized carbons (Fsp3) is 0.300. The summed E-state index contributed by atoms with van der Waals surface area (Å²) in [5.41, 5.74) is 1.43. The molecule has 1 aromatic heterocycles. The van der Waals surface area contributed by atoms with Crippen molar-refractivity contribution in [3.63, 3.8) is 0 Å². The molecule has 3 aromatic rings. The van der Waals surface area contributed by atoms with Crippen molar-refractivity contribution in [3.8, 4) is 0 Å². The topological polar surface area (TPSA) is 52.2 Å². The molecule has 28 heavy (non-hydrogen) atoms. The second kappa shape index (κ2) is 7.27. The van der Waals surface area contributed by atoms with Crippen LogP contribution in [0.1, 0.15) is 21.6 Å². The van der Waals surface area contributed by atoms with E-state index < -0.39 is 11.7 Å². The van der Waals surface area contributed by atoms with Gasteiger partial charge in [0.1, 0.15) is 0 Å². The van der Waals surface area contributed by atoms with Gasteiger partial charge in [-0.3, -0.25) is 14.8 Å². The van der Waals surface area contributed by atoms with Crippen LogP contribution in [0.5, 0.6) is 0 Å². The molecule has 0 aliphatic carbocycles. The lowest BCUT2D eigenvalue weighted by Crippen LogP contribution is -2.48. The third-order valence-corrected chi connectivity index (χ3v) is 5.02. The van der Waals surface area contributed by atoms with Crippen molar-refractivity contribution in [3.05, 3.63) is 65.4 Å². The lowest BCUT2D eigenvalue weighted by atomic mass is 10.1. The van der Waals surface area contributed by atoms with Crippen molar-refractivity contribution in [2.75, 3.05) is 26.2 Å². The monoisotopic (exact) mass is 388 g/mol. The third-order valence-electron chi connectivity index (χ3n) is 5.02. The molecule has 1 N–H and O–H groups in total. The van der Waals surface area contributed by atoms with E-state index >= 15 is 0 Å². The van der Waals surface area contributed by atoms with Crippen molar-refractivity contribution in [2.24, 2.45) is 0 Å². The molecule has 2 heterocycles. The number of benzene rings is 2. The van der Waals surface area contributed by atoms with Gasteiger partial charge in [-0.05, 0) is 23.8 Å². The average molecular weight is 388 g/mol. The molecule has 0 radical (unpaired) electrons. The summed E-state index contributed by atoms with van der Waals surface area (Å²) in [6, 6.07) is 12.7. The second-order valence-corrected chi connectivity index (χ2v) is 6.88. The summed E-state index contributed by atoms with van der Waals surface area (Å²) < 4.78 is 38.0. The number of para-hydroxylation sites is 1. The molecule has 5 nitrogen and oxygen atoms in total. The van der Waals surface area contributed by atoms with Crippen LogP contribution in [-0.4, -0.2) is 52.1 Å². The first kappa shape index (κ1) is 18.5. The molecular formula is C20H19F3N4O. The van der Waals surface area contributed by atoms with Gasteiger partial charge in [-0.25, -0.2) is 0 Å². The lowest BCUT2D eigenvalue weighted by molar-refractivity contribution is -0.137. The van der Waals surface area contributed by atoms with E-state index in [1.165, 1.54) is 12.1 Å². The number of H-pyrrole nitrogens is 1. The number of hydrogen-bond donors (Lipinski definition) is 1. The maximum absolute atomic E-state index is 12.8. The number of nitrogens with one attached hydrogen (secondary N) is 1. The summed E-state index contributed by atoms with van der Waals surface area (Å²) in [5.74, 6) is -0.105. The molecule has 1 fully saturated rings. The normalized spacial score (nSPS) is 15.9. The maximum Gasteiger partial charge on any atom is 0.416 e. The summed E-state index contributed by atoms with van der Waals surface area (Å²) in [5, 5.41) is 7.85. The number of fused-ring (bicyclic) bond motifs is 1. The third kappa shape index (κ3) is 3.73. The molecule has 1 aliphatic rings. The molecule has 4 rings (SSSR count). The van der Waals surface area contributed by atoms with Crippen LogP contribution in [0.4, 0.5) is 13.2 Å². The number of amides is 1. The van der Waals surface area contributed by atoms with Crippen LogP contribution in [0.3, 0.4) is 0 Å². The highest BCUT2D eigenvalue weighted by atomic mass is 19.4. The van der Waals surface area contributed by atoms with E-state index in [2.05, 4.69) is 15.1 Å². The Labute approximate surface area is 159 Å².